The predicted octanol–water partition coefficient (Wildman–Crippen LogP) is 1.55. The van der Waals surface area contributed by atoms with Crippen LogP contribution < -0.4 is 10.2 Å². The standard InChI is InChI=1S/C13H15F2N5/c14-10-4-1-3-9(11(10)15)12-17-13(19-18-12)20-7-2-5-16-6-8-20/h1,3-4,16H,2,5-8H2,(H,17,18,19). The van der Waals surface area contributed by atoms with E-state index < -0.39 is 11.6 Å². The van der Waals surface area contributed by atoms with E-state index in [1.54, 1.807) is 0 Å². The van der Waals surface area contributed by atoms with E-state index in [9.17, 15) is 8.78 Å². The lowest BCUT2D eigenvalue weighted by Crippen LogP contribution is -2.28. The summed E-state index contributed by atoms with van der Waals surface area (Å²) in [5.74, 6) is -1.03. The van der Waals surface area contributed by atoms with Gasteiger partial charge in [-0.15, -0.1) is 5.10 Å². The fraction of sp³-hybridized carbons (Fsp3) is 0.385. The van der Waals surface area contributed by atoms with Crippen LogP contribution in [0.25, 0.3) is 11.4 Å². The van der Waals surface area contributed by atoms with Gasteiger partial charge in [-0.25, -0.2) is 8.78 Å². The molecule has 7 heteroatoms. The van der Waals surface area contributed by atoms with Crippen molar-refractivity contribution in [1.82, 2.24) is 20.5 Å². The molecule has 0 bridgehead atoms. The van der Waals surface area contributed by atoms with E-state index in [1.165, 1.54) is 12.1 Å². The van der Waals surface area contributed by atoms with Gasteiger partial charge in [0.2, 0.25) is 5.95 Å². The number of rotatable bonds is 2. The third-order valence-corrected chi connectivity index (χ3v) is 3.30. The minimum atomic E-state index is -0.910. The number of hydrogen-bond acceptors (Lipinski definition) is 4. The molecule has 106 valence electrons. The van der Waals surface area contributed by atoms with Gasteiger partial charge in [-0.3, -0.25) is 5.10 Å². The number of benzene rings is 1. The lowest BCUT2D eigenvalue weighted by Gasteiger charge is -2.16. The van der Waals surface area contributed by atoms with Crippen molar-refractivity contribution >= 4 is 5.95 Å². The second kappa shape index (κ2) is 5.54. The zero-order valence-electron chi connectivity index (χ0n) is 10.9. The van der Waals surface area contributed by atoms with E-state index in [2.05, 4.69) is 20.5 Å². The van der Waals surface area contributed by atoms with Gasteiger partial charge in [0.15, 0.2) is 17.5 Å². The van der Waals surface area contributed by atoms with Gasteiger partial charge in [0, 0.05) is 19.6 Å². The number of nitrogens with zero attached hydrogens (tertiary/aromatic N) is 3. The van der Waals surface area contributed by atoms with Gasteiger partial charge >= 0.3 is 0 Å². The van der Waals surface area contributed by atoms with E-state index in [-0.39, 0.29) is 11.4 Å². The Hall–Kier alpha value is -2.02. The summed E-state index contributed by atoms with van der Waals surface area (Å²) in [7, 11) is 0. The Morgan fingerprint density at radius 1 is 1.15 bits per heavy atom. The molecular formula is C13H15F2N5. The Kier molecular flexibility index (Phi) is 3.60. The third kappa shape index (κ3) is 2.49. The summed E-state index contributed by atoms with van der Waals surface area (Å²) >= 11 is 0. The van der Waals surface area contributed by atoms with Crippen molar-refractivity contribution in [2.24, 2.45) is 0 Å². The molecule has 1 saturated heterocycles. The molecule has 1 fully saturated rings. The highest BCUT2D eigenvalue weighted by atomic mass is 19.2. The number of nitrogens with one attached hydrogen (secondary N) is 2. The first kappa shape index (κ1) is 13.0. The highest BCUT2D eigenvalue weighted by Gasteiger charge is 2.17. The Balaban J connectivity index is 1.87. The maximum absolute atomic E-state index is 13.7. The Morgan fingerprint density at radius 2 is 2.05 bits per heavy atom. The molecule has 0 amide bonds. The summed E-state index contributed by atoms with van der Waals surface area (Å²) in [6.07, 6.45) is 0.998. The Labute approximate surface area is 115 Å². The molecule has 1 aliphatic rings. The van der Waals surface area contributed by atoms with Gasteiger partial charge in [-0.05, 0) is 25.1 Å². The van der Waals surface area contributed by atoms with E-state index in [0.717, 1.165) is 38.7 Å². The van der Waals surface area contributed by atoms with Crippen LogP contribution in [0.3, 0.4) is 0 Å². The fourth-order valence-corrected chi connectivity index (χ4v) is 2.25. The van der Waals surface area contributed by atoms with Crippen LogP contribution in [0.15, 0.2) is 18.2 Å². The zero-order chi connectivity index (χ0) is 13.9. The molecule has 1 aromatic carbocycles. The van der Waals surface area contributed by atoms with Crippen molar-refractivity contribution in [3.8, 4) is 11.4 Å². The topological polar surface area (TPSA) is 56.8 Å². The zero-order valence-corrected chi connectivity index (χ0v) is 10.9. The minimum absolute atomic E-state index is 0.0942. The molecule has 2 N–H and O–H groups in total. The minimum Gasteiger partial charge on any atom is -0.338 e. The molecule has 3 rings (SSSR count). The van der Waals surface area contributed by atoms with Crippen LogP contribution >= 0.6 is 0 Å². The van der Waals surface area contributed by atoms with Crippen molar-refractivity contribution in [3.63, 3.8) is 0 Å². The quantitative estimate of drug-likeness (QED) is 0.875. The van der Waals surface area contributed by atoms with Gasteiger partial charge in [0.05, 0.1) is 5.56 Å². The van der Waals surface area contributed by atoms with Crippen LogP contribution in [0.1, 0.15) is 6.42 Å². The maximum Gasteiger partial charge on any atom is 0.245 e. The van der Waals surface area contributed by atoms with Crippen LogP contribution in [0.4, 0.5) is 14.7 Å². The first-order valence-electron chi connectivity index (χ1n) is 6.58. The first-order chi connectivity index (χ1) is 9.75. The second-order valence-corrected chi connectivity index (χ2v) is 4.68. The summed E-state index contributed by atoms with van der Waals surface area (Å²) < 4.78 is 26.9. The number of halogens is 2. The highest BCUT2D eigenvalue weighted by Crippen LogP contribution is 2.22. The fourth-order valence-electron chi connectivity index (χ4n) is 2.25. The predicted molar refractivity (Wildman–Crippen MR) is 71.4 cm³/mol. The Bertz CT molecular complexity index is 590. The van der Waals surface area contributed by atoms with Crippen molar-refractivity contribution in [2.45, 2.75) is 6.42 Å². The molecule has 1 aromatic heterocycles. The van der Waals surface area contributed by atoms with Gasteiger partial charge in [-0.2, -0.15) is 4.98 Å². The van der Waals surface area contributed by atoms with Crippen LogP contribution in [-0.4, -0.2) is 41.4 Å². The van der Waals surface area contributed by atoms with Gasteiger partial charge < -0.3 is 10.2 Å². The average molecular weight is 279 g/mol. The molecule has 0 aliphatic carbocycles. The van der Waals surface area contributed by atoms with Gasteiger partial charge in [0.1, 0.15) is 0 Å². The highest BCUT2D eigenvalue weighted by molar-refractivity contribution is 5.57. The molecule has 0 radical (unpaired) electrons. The SMILES string of the molecule is Fc1cccc(-c2nc(N3CCCNCC3)n[nH]2)c1F. The largest absolute Gasteiger partial charge is 0.338 e. The number of aromatic nitrogens is 3. The Morgan fingerprint density at radius 3 is 2.95 bits per heavy atom. The third-order valence-electron chi connectivity index (χ3n) is 3.30. The summed E-state index contributed by atoms with van der Waals surface area (Å²) in [6, 6.07) is 4.01. The van der Waals surface area contributed by atoms with Gasteiger partial charge in [0.25, 0.3) is 0 Å². The number of hydrogen-bond donors (Lipinski definition) is 2. The molecule has 20 heavy (non-hydrogen) atoms. The molecule has 2 aromatic rings. The lowest BCUT2D eigenvalue weighted by atomic mass is 10.2. The van der Waals surface area contributed by atoms with Crippen molar-refractivity contribution in [1.29, 1.82) is 0 Å². The van der Waals surface area contributed by atoms with E-state index in [4.69, 9.17) is 0 Å². The molecule has 0 atom stereocenters. The molecule has 2 heterocycles. The van der Waals surface area contributed by atoms with E-state index >= 15 is 0 Å². The lowest BCUT2D eigenvalue weighted by molar-refractivity contribution is 0.510. The van der Waals surface area contributed by atoms with E-state index in [0.29, 0.717) is 5.95 Å². The summed E-state index contributed by atoms with van der Waals surface area (Å²) in [6.45, 7) is 3.46. The first-order valence-corrected chi connectivity index (χ1v) is 6.58. The van der Waals surface area contributed by atoms with Crippen molar-refractivity contribution < 1.29 is 8.78 Å². The molecule has 0 unspecified atom stereocenters. The number of anilines is 1. The molecule has 1 aliphatic heterocycles. The van der Waals surface area contributed by atoms with Crippen molar-refractivity contribution in [3.05, 3.63) is 29.8 Å². The normalized spacial score (nSPS) is 16.2. The number of H-pyrrole nitrogens is 1. The summed E-state index contributed by atoms with van der Waals surface area (Å²) in [4.78, 5) is 6.30. The average Bonchev–Trinajstić information content (AvgIpc) is 2.77. The van der Waals surface area contributed by atoms with Crippen molar-refractivity contribution in [2.75, 3.05) is 31.1 Å². The van der Waals surface area contributed by atoms with Crippen LogP contribution in [0.5, 0.6) is 0 Å². The molecule has 0 spiro atoms. The van der Waals surface area contributed by atoms with Gasteiger partial charge in [-0.1, -0.05) is 6.07 Å². The monoisotopic (exact) mass is 279 g/mol. The molecular weight excluding hydrogens is 264 g/mol. The molecule has 0 saturated carbocycles. The van der Waals surface area contributed by atoms with Crippen LogP contribution in [0.2, 0.25) is 0 Å². The molecule has 5 nitrogen and oxygen atoms in total. The second-order valence-electron chi connectivity index (χ2n) is 4.68. The summed E-state index contributed by atoms with van der Waals surface area (Å²) in [5, 5.41) is 10.1. The smallest absolute Gasteiger partial charge is 0.245 e. The summed E-state index contributed by atoms with van der Waals surface area (Å²) in [5.41, 5.74) is 0.0942. The van der Waals surface area contributed by atoms with E-state index in [1.807, 2.05) is 4.90 Å². The van der Waals surface area contributed by atoms with Crippen LogP contribution in [-0.2, 0) is 0 Å². The van der Waals surface area contributed by atoms with Crippen LogP contribution in [0, 0.1) is 11.6 Å². The number of aromatic amines is 1. The maximum atomic E-state index is 13.7.